The number of nitrogens with two attached hydrogens (primary N) is 1. The van der Waals surface area contributed by atoms with Crippen molar-refractivity contribution >= 4 is 23.6 Å². The average Bonchev–Trinajstić information content (AvgIpc) is 3.20. The zero-order valence-electron chi connectivity index (χ0n) is 15.9. The van der Waals surface area contributed by atoms with Gasteiger partial charge in [0.2, 0.25) is 11.8 Å². The lowest BCUT2D eigenvalue weighted by molar-refractivity contribution is -0.136. The summed E-state index contributed by atoms with van der Waals surface area (Å²) in [5, 5.41) is 5.44. The van der Waals surface area contributed by atoms with Crippen LogP contribution in [0.2, 0.25) is 0 Å². The lowest BCUT2D eigenvalue weighted by atomic mass is 10.0. The number of carbonyl (C=O) groups excluding carboxylic acids is 4. The van der Waals surface area contributed by atoms with E-state index in [0.29, 0.717) is 31.4 Å². The number of fused-ring (bicyclic) bond motifs is 1. The Bertz CT molecular complexity index is 904. The third-order valence-corrected chi connectivity index (χ3v) is 6.05. The number of hydrogen-bond acceptors (Lipinski definition) is 6. The van der Waals surface area contributed by atoms with E-state index in [1.54, 1.807) is 18.2 Å². The van der Waals surface area contributed by atoms with Gasteiger partial charge in [-0.3, -0.25) is 29.4 Å². The van der Waals surface area contributed by atoms with Crippen LogP contribution >= 0.6 is 0 Å². The van der Waals surface area contributed by atoms with E-state index < -0.39 is 35.3 Å². The fraction of sp³-hybridized carbons (Fsp3) is 0.500. The quantitative estimate of drug-likeness (QED) is 0.613. The van der Waals surface area contributed by atoms with E-state index in [2.05, 4.69) is 10.6 Å². The SMILES string of the molecule is NC[C@@]1(F)CC[C@H](NCc2cccc3c2C(=O)N(C2CCC(=O)NC2=O)C3=O)C1. The predicted octanol–water partition coefficient (Wildman–Crippen LogP) is 0.397. The Hall–Kier alpha value is -2.65. The van der Waals surface area contributed by atoms with Gasteiger partial charge in [-0.1, -0.05) is 12.1 Å². The highest BCUT2D eigenvalue weighted by atomic mass is 19.1. The zero-order valence-corrected chi connectivity index (χ0v) is 15.9. The largest absolute Gasteiger partial charge is 0.328 e. The molecule has 4 N–H and O–H groups in total. The minimum atomic E-state index is -1.36. The fourth-order valence-corrected chi connectivity index (χ4v) is 4.42. The molecule has 154 valence electrons. The van der Waals surface area contributed by atoms with E-state index in [0.717, 1.165) is 4.90 Å². The van der Waals surface area contributed by atoms with Gasteiger partial charge in [0, 0.05) is 25.6 Å². The Morgan fingerprint density at radius 3 is 2.69 bits per heavy atom. The van der Waals surface area contributed by atoms with Crippen molar-refractivity contribution in [3.63, 3.8) is 0 Å². The van der Waals surface area contributed by atoms with E-state index in [-0.39, 0.29) is 36.6 Å². The fourth-order valence-electron chi connectivity index (χ4n) is 4.42. The second-order valence-electron chi connectivity index (χ2n) is 7.96. The summed E-state index contributed by atoms with van der Waals surface area (Å²) < 4.78 is 14.3. The summed E-state index contributed by atoms with van der Waals surface area (Å²) in [6.45, 7) is 0.288. The van der Waals surface area contributed by atoms with Crippen LogP contribution in [0, 0.1) is 0 Å². The summed E-state index contributed by atoms with van der Waals surface area (Å²) in [4.78, 5) is 50.4. The van der Waals surface area contributed by atoms with Crippen LogP contribution in [-0.4, -0.2) is 52.8 Å². The van der Waals surface area contributed by atoms with E-state index in [1.165, 1.54) is 0 Å². The lowest BCUT2D eigenvalue weighted by Crippen LogP contribution is -2.54. The maximum atomic E-state index is 14.3. The van der Waals surface area contributed by atoms with Gasteiger partial charge in [0.25, 0.3) is 11.8 Å². The summed E-state index contributed by atoms with van der Waals surface area (Å²) in [5.41, 5.74) is 5.28. The standard InChI is InChI=1S/C20H23FN4O4/c21-20(10-22)7-6-12(8-20)23-9-11-2-1-3-13-16(11)19(29)25(18(13)28)14-4-5-15(26)24-17(14)27/h1-3,12,14,23H,4-10,22H2,(H,24,26,27)/t12-,14?,20+/m0/s1. The molecule has 0 aromatic heterocycles. The van der Waals surface area contributed by atoms with Crippen molar-refractivity contribution in [3.8, 4) is 0 Å². The Kier molecular flexibility index (Phi) is 4.95. The minimum Gasteiger partial charge on any atom is -0.328 e. The number of rotatable bonds is 5. The van der Waals surface area contributed by atoms with Crippen LogP contribution in [0.1, 0.15) is 58.4 Å². The Balaban J connectivity index is 1.52. The molecule has 2 fully saturated rings. The first kappa shape index (κ1) is 19.7. The molecule has 0 radical (unpaired) electrons. The van der Waals surface area contributed by atoms with Gasteiger partial charge in [-0.2, -0.15) is 0 Å². The number of alkyl halides is 1. The molecule has 1 unspecified atom stereocenters. The van der Waals surface area contributed by atoms with Gasteiger partial charge in [-0.25, -0.2) is 4.39 Å². The first-order chi connectivity index (χ1) is 13.8. The molecular weight excluding hydrogens is 379 g/mol. The second kappa shape index (κ2) is 7.31. The molecule has 4 amide bonds. The summed E-state index contributed by atoms with van der Waals surface area (Å²) >= 11 is 0. The summed E-state index contributed by atoms with van der Waals surface area (Å²) in [6.07, 6.45) is 1.55. The topological polar surface area (TPSA) is 122 Å². The van der Waals surface area contributed by atoms with E-state index >= 15 is 0 Å². The monoisotopic (exact) mass is 402 g/mol. The second-order valence-corrected chi connectivity index (χ2v) is 7.96. The molecule has 1 aromatic carbocycles. The van der Waals surface area contributed by atoms with Gasteiger partial charge in [-0.05, 0) is 37.3 Å². The average molecular weight is 402 g/mol. The van der Waals surface area contributed by atoms with Crippen molar-refractivity contribution in [1.82, 2.24) is 15.5 Å². The van der Waals surface area contributed by atoms with Gasteiger partial charge in [0.05, 0.1) is 11.1 Å². The molecule has 1 aromatic rings. The number of piperidine rings is 1. The van der Waals surface area contributed by atoms with Gasteiger partial charge in [0.15, 0.2) is 0 Å². The van der Waals surface area contributed by atoms with Gasteiger partial charge in [0.1, 0.15) is 11.7 Å². The number of halogens is 1. The molecule has 1 saturated heterocycles. The van der Waals surface area contributed by atoms with Crippen molar-refractivity contribution in [1.29, 1.82) is 0 Å². The number of imide groups is 2. The normalized spacial score (nSPS) is 29.4. The molecule has 9 heteroatoms. The Labute approximate surface area is 167 Å². The highest BCUT2D eigenvalue weighted by Gasteiger charge is 2.45. The molecule has 2 heterocycles. The molecule has 1 saturated carbocycles. The van der Waals surface area contributed by atoms with Crippen LogP contribution in [0.3, 0.4) is 0 Å². The van der Waals surface area contributed by atoms with E-state index in [4.69, 9.17) is 5.73 Å². The number of amides is 4. The number of nitrogens with one attached hydrogen (secondary N) is 2. The molecule has 29 heavy (non-hydrogen) atoms. The molecule has 3 aliphatic rings. The molecular formula is C20H23FN4O4. The van der Waals surface area contributed by atoms with Gasteiger partial charge in [-0.15, -0.1) is 0 Å². The maximum Gasteiger partial charge on any atom is 0.262 e. The first-order valence-corrected chi connectivity index (χ1v) is 9.79. The number of nitrogens with zero attached hydrogens (tertiary/aromatic N) is 1. The minimum absolute atomic E-state index is 0.0141. The smallest absolute Gasteiger partial charge is 0.262 e. The van der Waals surface area contributed by atoms with Gasteiger partial charge < -0.3 is 11.1 Å². The molecule has 0 spiro atoms. The highest BCUT2D eigenvalue weighted by Crippen LogP contribution is 2.34. The van der Waals surface area contributed by atoms with Crippen molar-refractivity contribution in [2.45, 2.75) is 56.4 Å². The van der Waals surface area contributed by atoms with Gasteiger partial charge >= 0.3 is 0 Å². The lowest BCUT2D eigenvalue weighted by Gasteiger charge is -2.27. The van der Waals surface area contributed by atoms with E-state index in [1.807, 2.05) is 0 Å². The summed E-state index contributed by atoms with van der Waals surface area (Å²) in [5.74, 6) is -2.12. The molecule has 0 bridgehead atoms. The summed E-state index contributed by atoms with van der Waals surface area (Å²) in [7, 11) is 0. The third kappa shape index (κ3) is 3.44. The third-order valence-electron chi connectivity index (χ3n) is 6.05. The number of hydrogen-bond donors (Lipinski definition) is 3. The van der Waals surface area contributed by atoms with E-state index in [9.17, 15) is 23.6 Å². The predicted molar refractivity (Wildman–Crippen MR) is 100 cm³/mol. The van der Waals surface area contributed by atoms with Crippen LogP contribution in [0.4, 0.5) is 4.39 Å². The molecule has 1 aliphatic carbocycles. The van der Waals surface area contributed by atoms with Crippen LogP contribution in [0.5, 0.6) is 0 Å². The molecule has 2 aliphatic heterocycles. The van der Waals surface area contributed by atoms with Crippen molar-refractivity contribution in [2.75, 3.05) is 6.54 Å². The van der Waals surface area contributed by atoms with Crippen LogP contribution in [0.25, 0.3) is 0 Å². The zero-order chi connectivity index (χ0) is 20.8. The van der Waals surface area contributed by atoms with Crippen LogP contribution in [0.15, 0.2) is 18.2 Å². The molecule has 4 rings (SSSR count). The van der Waals surface area contributed by atoms with Crippen LogP contribution < -0.4 is 16.4 Å². The van der Waals surface area contributed by atoms with Crippen molar-refractivity contribution < 1.29 is 23.6 Å². The molecule has 3 atom stereocenters. The van der Waals surface area contributed by atoms with Crippen LogP contribution in [-0.2, 0) is 16.1 Å². The first-order valence-electron chi connectivity index (χ1n) is 9.79. The van der Waals surface area contributed by atoms with Crippen molar-refractivity contribution in [3.05, 3.63) is 34.9 Å². The molecule has 8 nitrogen and oxygen atoms in total. The Morgan fingerprint density at radius 1 is 1.21 bits per heavy atom. The number of benzene rings is 1. The maximum absolute atomic E-state index is 14.3. The number of carbonyl (C=O) groups is 4. The Morgan fingerprint density at radius 2 is 2.00 bits per heavy atom. The summed E-state index contributed by atoms with van der Waals surface area (Å²) in [6, 6.07) is 3.93. The van der Waals surface area contributed by atoms with Crippen molar-refractivity contribution in [2.24, 2.45) is 5.73 Å². The highest BCUT2D eigenvalue weighted by molar-refractivity contribution is 6.24.